The van der Waals surface area contributed by atoms with Gasteiger partial charge in [0.15, 0.2) is 10.9 Å². The molecule has 1 atom stereocenters. The first-order chi connectivity index (χ1) is 11.9. The van der Waals surface area contributed by atoms with E-state index in [2.05, 4.69) is 4.98 Å². The maximum absolute atomic E-state index is 12.8. The highest BCUT2D eigenvalue weighted by Gasteiger charge is 2.23. The van der Waals surface area contributed by atoms with Crippen LogP contribution in [0, 0.1) is 22.7 Å². The quantitative estimate of drug-likeness (QED) is 0.493. The van der Waals surface area contributed by atoms with Crippen LogP contribution < -0.4 is 5.56 Å². The molecule has 0 saturated heterocycles. The third-order valence-electron chi connectivity index (χ3n) is 4.38. The first-order valence-corrected chi connectivity index (χ1v) is 9.85. The van der Waals surface area contributed by atoms with Gasteiger partial charge in [-0.2, -0.15) is 5.26 Å². The highest BCUT2D eigenvalue weighted by atomic mass is 32.2. The summed E-state index contributed by atoms with van der Waals surface area (Å²) in [5.41, 5.74) is 1.12. The number of nitrogens with one attached hydrogen (secondary N) is 1. The minimum atomic E-state index is -1.03. The zero-order chi connectivity index (χ0) is 18.1. The van der Waals surface area contributed by atoms with E-state index in [1.807, 2.05) is 6.07 Å². The average Bonchev–Trinajstić information content (AvgIpc) is 2.95. The van der Waals surface area contributed by atoms with Gasteiger partial charge in [-0.1, -0.05) is 11.8 Å². The third-order valence-corrected chi connectivity index (χ3v) is 6.62. The molecule has 0 bridgehead atoms. The van der Waals surface area contributed by atoms with E-state index in [0.717, 1.165) is 53.2 Å². The van der Waals surface area contributed by atoms with Crippen molar-refractivity contribution in [1.82, 2.24) is 9.55 Å². The second-order valence-electron chi connectivity index (χ2n) is 6.15. The average molecular weight is 374 g/mol. The molecule has 2 aromatic rings. The van der Waals surface area contributed by atoms with E-state index >= 15 is 0 Å². The topological polar surface area (TPSA) is 99.6 Å². The van der Waals surface area contributed by atoms with Gasteiger partial charge in [0.25, 0.3) is 5.56 Å². The predicted octanol–water partition coefficient (Wildman–Crippen LogP) is 2.71. The van der Waals surface area contributed by atoms with Crippen LogP contribution in [0.25, 0.3) is 10.2 Å². The molecule has 0 radical (unpaired) electrons. The smallest absolute Gasteiger partial charge is 0.262 e. The molecule has 0 spiro atoms. The van der Waals surface area contributed by atoms with Crippen molar-refractivity contribution in [2.45, 2.75) is 37.8 Å². The number of ketones is 1. The van der Waals surface area contributed by atoms with Crippen molar-refractivity contribution < 1.29 is 4.79 Å². The van der Waals surface area contributed by atoms with Crippen LogP contribution in [-0.2, 0) is 24.7 Å². The first kappa shape index (κ1) is 17.8. The number of hydrogen-bond donors (Lipinski definition) is 1. The van der Waals surface area contributed by atoms with Crippen molar-refractivity contribution in [2.24, 2.45) is 13.0 Å². The molecule has 1 unspecified atom stereocenters. The van der Waals surface area contributed by atoms with Crippen LogP contribution in [-0.4, -0.2) is 26.8 Å². The van der Waals surface area contributed by atoms with Crippen LogP contribution in [0.4, 0.5) is 0 Å². The Morgan fingerprint density at radius 1 is 1.48 bits per heavy atom. The van der Waals surface area contributed by atoms with E-state index in [0.29, 0.717) is 5.16 Å². The molecule has 0 fully saturated rings. The Hall–Kier alpha value is -1.98. The predicted molar refractivity (Wildman–Crippen MR) is 99.7 cm³/mol. The number of thiophene rings is 1. The largest absolute Gasteiger partial charge is 0.308 e. The van der Waals surface area contributed by atoms with Gasteiger partial charge in [0, 0.05) is 17.6 Å². The molecule has 0 amide bonds. The van der Waals surface area contributed by atoms with E-state index in [4.69, 9.17) is 10.7 Å². The zero-order valence-electron chi connectivity index (χ0n) is 14.1. The Kier molecular flexibility index (Phi) is 5.06. The number of nitrogens with zero attached hydrogens (tertiary/aromatic N) is 3. The van der Waals surface area contributed by atoms with Gasteiger partial charge in [-0.3, -0.25) is 14.2 Å². The summed E-state index contributed by atoms with van der Waals surface area (Å²) in [6.07, 6.45) is 4.18. The molecule has 2 aromatic heterocycles. The molecule has 8 heteroatoms. The van der Waals surface area contributed by atoms with Crippen LogP contribution >= 0.6 is 23.1 Å². The number of thioether (sulfide) groups is 1. The SMILES string of the molecule is CC(=N)C(C#N)C(=O)CSc1nc2sc3c(c2c(=O)n1C)CCCC3. The van der Waals surface area contributed by atoms with Crippen molar-refractivity contribution in [1.29, 1.82) is 10.7 Å². The van der Waals surface area contributed by atoms with Gasteiger partial charge in [0.2, 0.25) is 0 Å². The van der Waals surface area contributed by atoms with Crippen molar-refractivity contribution >= 4 is 44.8 Å². The summed E-state index contributed by atoms with van der Waals surface area (Å²) < 4.78 is 1.49. The monoisotopic (exact) mass is 374 g/mol. The fourth-order valence-electron chi connectivity index (χ4n) is 3.03. The lowest BCUT2D eigenvalue weighted by molar-refractivity contribution is -0.117. The molecule has 0 saturated carbocycles. The van der Waals surface area contributed by atoms with Crippen LogP contribution in [0.15, 0.2) is 9.95 Å². The van der Waals surface area contributed by atoms with Crippen LogP contribution in [0.1, 0.15) is 30.2 Å². The maximum atomic E-state index is 12.8. The van der Waals surface area contributed by atoms with Crippen molar-refractivity contribution in [3.05, 3.63) is 20.8 Å². The van der Waals surface area contributed by atoms with E-state index in [1.165, 1.54) is 16.4 Å². The number of carbonyl (C=O) groups excluding carboxylic acids is 1. The molecule has 2 heterocycles. The number of carbonyl (C=O) groups is 1. The van der Waals surface area contributed by atoms with Gasteiger partial charge >= 0.3 is 0 Å². The number of rotatable bonds is 5. The Bertz CT molecular complexity index is 968. The van der Waals surface area contributed by atoms with Crippen LogP contribution in [0.2, 0.25) is 0 Å². The molecule has 1 N–H and O–H groups in total. The van der Waals surface area contributed by atoms with E-state index < -0.39 is 5.92 Å². The number of aryl methyl sites for hydroxylation is 2. The van der Waals surface area contributed by atoms with Crippen LogP contribution in [0.3, 0.4) is 0 Å². The highest BCUT2D eigenvalue weighted by molar-refractivity contribution is 7.99. The number of Topliss-reactive ketones (excluding diaryl/α,β-unsaturated/α-hetero) is 1. The Morgan fingerprint density at radius 3 is 2.88 bits per heavy atom. The molecule has 3 rings (SSSR count). The molecule has 1 aliphatic rings. The second-order valence-corrected chi connectivity index (χ2v) is 8.18. The molecule has 1 aliphatic carbocycles. The molecule has 6 nitrogen and oxygen atoms in total. The second kappa shape index (κ2) is 7.10. The minimum Gasteiger partial charge on any atom is -0.308 e. The first-order valence-electron chi connectivity index (χ1n) is 8.05. The summed E-state index contributed by atoms with van der Waals surface area (Å²) >= 11 is 2.73. The summed E-state index contributed by atoms with van der Waals surface area (Å²) in [6.45, 7) is 1.45. The molecule has 130 valence electrons. The molecule has 0 aromatic carbocycles. The number of fused-ring (bicyclic) bond motifs is 3. The maximum Gasteiger partial charge on any atom is 0.262 e. The lowest BCUT2D eigenvalue weighted by Crippen LogP contribution is -2.23. The highest BCUT2D eigenvalue weighted by Crippen LogP contribution is 2.34. The van der Waals surface area contributed by atoms with Gasteiger partial charge in [-0.15, -0.1) is 11.3 Å². The standard InChI is InChI=1S/C17H18N4O2S2/c1-9(19)11(7-18)12(22)8-24-17-20-15-14(16(23)21(17)2)10-5-3-4-6-13(10)25-15/h11,19H,3-6,8H2,1-2H3. The zero-order valence-corrected chi connectivity index (χ0v) is 15.7. The summed E-state index contributed by atoms with van der Waals surface area (Å²) in [5, 5.41) is 17.7. The van der Waals surface area contributed by atoms with Crippen molar-refractivity contribution in [3.63, 3.8) is 0 Å². The third kappa shape index (κ3) is 3.26. The normalized spacial score (nSPS) is 14.8. The van der Waals surface area contributed by atoms with Crippen molar-refractivity contribution in [2.75, 3.05) is 5.75 Å². The Balaban J connectivity index is 1.92. The van der Waals surface area contributed by atoms with Gasteiger partial charge in [-0.05, 0) is 38.2 Å². The van der Waals surface area contributed by atoms with Gasteiger partial charge in [-0.25, -0.2) is 4.98 Å². The Labute approximate surface area is 153 Å². The molecule has 25 heavy (non-hydrogen) atoms. The van der Waals surface area contributed by atoms with Gasteiger partial charge < -0.3 is 5.41 Å². The van der Waals surface area contributed by atoms with E-state index in [9.17, 15) is 9.59 Å². The minimum absolute atomic E-state index is 0.0192. The Morgan fingerprint density at radius 2 is 2.20 bits per heavy atom. The van der Waals surface area contributed by atoms with Crippen molar-refractivity contribution in [3.8, 4) is 6.07 Å². The summed E-state index contributed by atoms with van der Waals surface area (Å²) in [7, 11) is 1.66. The number of aromatic nitrogens is 2. The van der Waals surface area contributed by atoms with E-state index in [1.54, 1.807) is 18.4 Å². The molecule has 0 aliphatic heterocycles. The van der Waals surface area contributed by atoms with Gasteiger partial charge in [0.1, 0.15) is 10.7 Å². The summed E-state index contributed by atoms with van der Waals surface area (Å²) in [6, 6.07) is 1.85. The van der Waals surface area contributed by atoms with Gasteiger partial charge in [0.05, 0.1) is 17.2 Å². The summed E-state index contributed by atoms with van der Waals surface area (Å²) in [5.74, 6) is -1.34. The van der Waals surface area contributed by atoms with E-state index in [-0.39, 0.29) is 22.8 Å². The fraction of sp³-hybridized carbons (Fsp3) is 0.471. The summed E-state index contributed by atoms with van der Waals surface area (Å²) in [4.78, 5) is 31.5. The lowest BCUT2D eigenvalue weighted by atomic mass is 9.97. The number of nitriles is 1. The molecular formula is C17H18N4O2S2. The van der Waals surface area contributed by atoms with Crippen LogP contribution in [0.5, 0.6) is 0 Å². The number of hydrogen-bond acceptors (Lipinski definition) is 7. The lowest BCUT2D eigenvalue weighted by Gasteiger charge is -2.11. The molecular weight excluding hydrogens is 356 g/mol. The fourth-order valence-corrected chi connectivity index (χ4v) is 5.21.